The van der Waals surface area contributed by atoms with Gasteiger partial charge in [0.05, 0.1) is 47.9 Å². The second-order valence-electron chi connectivity index (χ2n) is 29.5. The van der Waals surface area contributed by atoms with Crippen LogP contribution in [-0.4, -0.2) is 226 Å². The van der Waals surface area contributed by atoms with Crippen LogP contribution < -0.4 is 84.0 Å². The number of thioether (sulfide) groups is 1. The Morgan fingerprint density at radius 1 is 0.705 bits per heavy atom. The first-order valence-electron chi connectivity index (χ1n) is 38.0. The number of nitrogens with two attached hydrogens (primary N) is 3. The first kappa shape index (κ1) is 91.3. The van der Waals surface area contributed by atoms with Gasteiger partial charge in [0.15, 0.2) is 29.0 Å². The van der Waals surface area contributed by atoms with Crippen LogP contribution in [0.25, 0.3) is 11.1 Å². The number of aliphatic hydroxyl groups is 6. The van der Waals surface area contributed by atoms with Gasteiger partial charge in [0.1, 0.15) is 108 Å². The van der Waals surface area contributed by atoms with Gasteiger partial charge < -0.3 is 149 Å². The molecule has 25 N–H and O–H groups in total. The Hall–Kier alpha value is -11.4. The average Bonchev–Trinajstić information content (AvgIpc) is 0.765. The molecule has 7 heterocycles. The summed E-state index contributed by atoms with van der Waals surface area (Å²) in [6.45, 7) is 2.94. The first-order valence-corrected chi connectivity index (χ1v) is 39.8. The van der Waals surface area contributed by atoms with Crippen LogP contribution in [0.3, 0.4) is 0 Å². The summed E-state index contributed by atoms with van der Waals surface area (Å²) in [6, 6.07) is 4.14. The van der Waals surface area contributed by atoms with Gasteiger partial charge >= 0.3 is 12.0 Å². The van der Waals surface area contributed by atoms with Crippen LogP contribution in [0.2, 0.25) is 10.0 Å². The number of aliphatic hydroxyl groups excluding tert-OH is 6. The van der Waals surface area contributed by atoms with E-state index in [4.69, 9.17) is 73.6 Å². The number of ether oxygens (including phenoxy) is 7. The standard InChI is InChI=1S/C79H90Cl2N12O28S/c1-32-69(106)79(3,87-29-34-7-4-8-40(19-34)115-17-6-18-122-33(2)95)28-56(116-32)120-68-66(105)65(104)53(31-94)119-77(68)121-67-51-23-38-24-52(67)118-50-15-12-37(22-44(50)81)64(103)62-76(113)91-60(72(109)86-30-55(100)101)42-25-39(96)26-48(98)57(42)41-20-35(10-13-47(41)97)58(73(110)93-62)90-74(111)59(38)89-71(108)46(27-54(83)99)88-75(112)61(63(102)36-11-14-49(117-51)43(80)21-36)92-70(107)45(82)9-5-16-85-78(84)114/h4,7-8,10-15,19-26,32,45-46,53,56,58-66,68-69,77,87,94,96-98,102-106H,5-6,9,16-18,27-31,82H2,1-3H3,(H2,83,99)(H,86,109)(H,88,112)(H,89,108)(H,90,111)(H,91,113)(H,92,107)(H,93,110)(H,100,101)(H3,84,85,114)/t32-,45-,46-,53+,56-,58+,59+,60-,61+,62-,63+,64+,65+,66-,68+,69+,77-,79-/m0/s1. The molecule has 18 atom stereocenters. The Labute approximate surface area is 708 Å². The van der Waals surface area contributed by atoms with Gasteiger partial charge in [-0.2, -0.15) is 0 Å². The smallest absolute Gasteiger partial charge is 0.322 e. The summed E-state index contributed by atoms with van der Waals surface area (Å²) in [5.41, 5.74) is 13.5. The van der Waals surface area contributed by atoms with E-state index in [1.807, 2.05) is 6.07 Å². The molecule has 0 aromatic heterocycles. The number of carboxylic acid groups (broad SMARTS) is 1. The summed E-state index contributed by atoms with van der Waals surface area (Å²) in [4.78, 5) is 154. The number of phenols is 3. The Balaban J connectivity index is 1.09. The zero-order valence-corrected chi connectivity index (χ0v) is 67.5. The minimum Gasteiger partial charge on any atom is -0.508 e. The summed E-state index contributed by atoms with van der Waals surface area (Å²) in [5, 5.41) is 137. The van der Waals surface area contributed by atoms with Crippen LogP contribution in [0.4, 0.5) is 4.79 Å². The van der Waals surface area contributed by atoms with E-state index < -0.39 is 272 Å². The third-order valence-corrected chi connectivity index (χ3v) is 22.1. The van der Waals surface area contributed by atoms with Gasteiger partial charge in [0, 0.05) is 54.9 Å². The SMILES string of the molecule is CC(=O)SCCCOc1cccc(CN[C@@]2(C)C[C@H](O[C@H]3[C@H](Oc4c5cc6cc4Oc4ccc(cc4Cl)[C@@H](O)[C@@H](NC(=O)[C@@H](N)CCCNC(N)=O)C(=O)N[C@@H](CC(N)=O)C(=O)N[C@H]6C(=O)N[C@H]4C(=O)N[C@H](C(=O)N[C@H](C(=O)NCC(=O)O)c6cc(O)cc(O)c6-c6cc4ccc6O)[C@H](O)c4ccc(c(Cl)c4)O5)O[C@H](CO)[C@@H](O)[C@@H]3O)O[C@@H](C)[C@H]2O)c1. The highest BCUT2D eigenvalue weighted by atomic mass is 35.5. The lowest BCUT2D eigenvalue weighted by Crippen LogP contribution is -2.65. The maximum absolute atomic E-state index is 16.3. The number of nitrogens with one attached hydrogen (secondary N) is 9. The van der Waals surface area contributed by atoms with E-state index >= 15 is 19.2 Å². The van der Waals surface area contributed by atoms with Crippen LogP contribution >= 0.6 is 35.0 Å². The fourth-order valence-electron chi connectivity index (χ4n) is 14.3. The zero-order chi connectivity index (χ0) is 88.5. The van der Waals surface area contributed by atoms with Crippen molar-refractivity contribution in [3.8, 4) is 62.9 Å². The highest BCUT2D eigenvalue weighted by molar-refractivity contribution is 8.13. The van der Waals surface area contributed by atoms with Gasteiger partial charge in [0.25, 0.3) is 0 Å². The topological polar surface area (TPSA) is 641 Å². The normalized spacial score (nSPS) is 26.1. The van der Waals surface area contributed by atoms with E-state index in [2.05, 4.69) is 47.9 Å². The molecule has 13 rings (SSSR count). The molecule has 0 unspecified atom stereocenters. The van der Waals surface area contributed by atoms with Crippen molar-refractivity contribution in [1.29, 1.82) is 0 Å². The molecule has 122 heavy (non-hydrogen) atoms. The lowest BCUT2D eigenvalue weighted by molar-refractivity contribution is -0.334. The quantitative estimate of drug-likeness (QED) is 0.0361. The number of urea groups is 1. The van der Waals surface area contributed by atoms with Crippen molar-refractivity contribution in [2.75, 3.05) is 32.1 Å². The number of fused-ring (bicyclic) bond motifs is 15. The van der Waals surface area contributed by atoms with Crippen LogP contribution in [0.15, 0.2) is 103 Å². The molecule has 654 valence electrons. The molecule has 7 aliphatic rings. The predicted molar refractivity (Wildman–Crippen MR) is 427 cm³/mol. The molecule has 6 aromatic carbocycles. The molecular formula is C79H90Cl2N12O28S. The van der Waals surface area contributed by atoms with Crippen molar-refractivity contribution in [1.82, 2.24) is 47.9 Å². The van der Waals surface area contributed by atoms with Crippen molar-refractivity contribution in [2.24, 2.45) is 17.2 Å². The number of carbonyl (C=O) groups excluding carboxylic acids is 10. The van der Waals surface area contributed by atoms with E-state index in [9.17, 15) is 84.6 Å². The van der Waals surface area contributed by atoms with Crippen molar-refractivity contribution in [3.05, 3.63) is 147 Å². The summed E-state index contributed by atoms with van der Waals surface area (Å²) < 4.78 is 45.3. The van der Waals surface area contributed by atoms with Crippen LogP contribution in [0.5, 0.6) is 51.7 Å². The Bertz CT molecular complexity index is 5000. The summed E-state index contributed by atoms with van der Waals surface area (Å²) in [7, 11) is 0. The first-order chi connectivity index (χ1) is 57.9. The predicted octanol–water partition coefficient (Wildman–Crippen LogP) is 0.244. The van der Waals surface area contributed by atoms with Crippen molar-refractivity contribution in [2.45, 2.75) is 169 Å². The lowest BCUT2D eigenvalue weighted by atomic mass is 9.84. The molecule has 10 amide bonds. The van der Waals surface area contributed by atoms with Gasteiger partial charge in [-0.05, 0) is 133 Å². The van der Waals surface area contributed by atoms with Gasteiger partial charge in [-0.3, -0.25) is 47.9 Å². The van der Waals surface area contributed by atoms with E-state index in [1.165, 1.54) is 25.6 Å². The number of halogens is 2. The number of benzene rings is 6. The number of carboxylic acids is 1. The molecule has 11 bridgehead atoms. The molecule has 0 radical (unpaired) electrons. The molecule has 0 aliphatic carbocycles. The van der Waals surface area contributed by atoms with Crippen molar-refractivity contribution >= 4 is 99.3 Å². The maximum Gasteiger partial charge on any atom is 0.322 e. The number of hydrogen-bond acceptors (Lipinski definition) is 30. The fourth-order valence-corrected chi connectivity index (χ4v) is 15.3. The van der Waals surface area contributed by atoms with E-state index in [1.54, 1.807) is 25.1 Å². The van der Waals surface area contributed by atoms with Crippen molar-refractivity contribution in [3.63, 3.8) is 0 Å². The van der Waals surface area contributed by atoms with Crippen LogP contribution in [0.1, 0.15) is 117 Å². The maximum atomic E-state index is 16.3. The molecule has 43 heteroatoms. The monoisotopic (exact) mass is 1760 g/mol. The molecule has 0 saturated carbocycles. The number of aliphatic carboxylic acids is 1. The Morgan fingerprint density at radius 3 is 2.01 bits per heavy atom. The highest BCUT2D eigenvalue weighted by Crippen LogP contribution is 2.50. The second-order valence-corrected chi connectivity index (χ2v) is 31.6. The number of aromatic hydroxyl groups is 3. The number of phenolic OH excluding ortho intramolecular Hbond substituents is 3. The summed E-state index contributed by atoms with van der Waals surface area (Å²) in [5.74, 6) is -17.0. The average molecular weight is 1760 g/mol. The Kier molecular flexibility index (Phi) is 29.7. The molecule has 6 aromatic rings. The molecule has 2 fully saturated rings. The van der Waals surface area contributed by atoms with Crippen LogP contribution in [-0.2, 0) is 68.7 Å². The lowest BCUT2D eigenvalue weighted by Gasteiger charge is -2.48. The van der Waals surface area contributed by atoms with Gasteiger partial charge in [0.2, 0.25) is 59.3 Å². The third-order valence-electron chi connectivity index (χ3n) is 20.6. The molecule has 40 nitrogen and oxygen atoms in total. The molecule has 2 saturated heterocycles. The minimum absolute atomic E-state index is 0.0272. The molecule has 0 spiro atoms. The number of carbonyl (C=O) groups is 11. The molecule has 7 aliphatic heterocycles. The number of rotatable bonds is 24. The largest absolute Gasteiger partial charge is 0.508 e. The summed E-state index contributed by atoms with van der Waals surface area (Å²) >= 11 is 15.5. The number of primary amides is 2. The fraction of sp³-hybridized carbons (Fsp3) is 0.405. The van der Waals surface area contributed by atoms with E-state index in [0.29, 0.717) is 30.1 Å². The second kappa shape index (κ2) is 39.6. The van der Waals surface area contributed by atoms with E-state index in [0.717, 1.165) is 78.9 Å². The third kappa shape index (κ3) is 21.7. The number of hydrogen-bond donors (Lipinski definition) is 22. The summed E-state index contributed by atoms with van der Waals surface area (Å²) in [6.07, 6.45) is -19.1. The zero-order valence-electron chi connectivity index (χ0n) is 65.1. The van der Waals surface area contributed by atoms with E-state index in [-0.39, 0.29) is 48.6 Å². The highest BCUT2D eigenvalue weighted by Gasteiger charge is 2.52. The molecular weight excluding hydrogens is 1670 g/mol. The van der Waals surface area contributed by atoms with Gasteiger partial charge in [-0.1, -0.05) is 65.3 Å². The van der Waals surface area contributed by atoms with Gasteiger partial charge in [-0.15, -0.1) is 0 Å². The van der Waals surface area contributed by atoms with Crippen LogP contribution in [0, 0.1) is 0 Å². The van der Waals surface area contributed by atoms with Gasteiger partial charge in [-0.25, -0.2) is 4.79 Å². The minimum atomic E-state index is -2.44. The number of amides is 10. The van der Waals surface area contributed by atoms with Crippen molar-refractivity contribution < 1.29 is 137 Å². The Morgan fingerprint density at radius 2 is 1.36 bits per heavy atom.